The summed E-state index contributed by atoms with van der Waals surface area (Å²) < 4.78 is 24.6. The van der Waals surface area contributed by atoms with E-state index in [1.165, 1.54) is 12.1 Å². The highest BCUT2D eigenvalue weighted by molar-refractivity contribution is 5.78. The van der Waals surface area contributed by atoms with E-state index < -0.39 is 0 Å². The molecule has 0 bridgehead atoms. The topological polar surface area (TPSA) is 68.5 Å². The number of carbonyl (C=O) groups is 1. The number of carbonyl (C=O) groups excluding carboxylic acids is 1. The third-order valence-electron chi connectivity index (χ3n) is 5.10. The molecular weight excluding hydrogens is 373 g/mol. The SMILES string of the molecule is Cc1ccccc1OCC(=O)N1CCCC(c2nnc(-c3ccc(F)cc3)o2)C1. The number of halogens is 1. The van der Waals surface area contributed by atoms with E-state index in [1.54, 1.807) is 17.0 Å². The Balaban J connectivity index is 1.38. The molecule has 150 valence electrons. The van der Waals surface area contributed by atoms with Crippen molar-refractivity contribution >= 4 is 5.91 Å². The molecule has 7 heteroatoms. The van der Waals surface area contributed by atoms with Crippen LogP contribution in [0.5, 0.6) is 5.75 Å². The Morgan fingerprint density at radius 1 is 1.21 bits per heavy atom. The van der Waals surface area contributed by atoms with E-state index in [2.05, 4.69) is 10.2 Å². The van der Waals surface area contributed by atoms with Gasteiger partial charge >= 0.3 is 0 Å². The molecule has 0 saturated carbocycles. The van der Waals surface area contributed by atoms with E-state index in [9.17, 15) is 9.18 Å². The van der Waals surface area contributed by atoms with E-state index in [0.717, 1.165) is 24.2 Å². The fraction of sp³-hybridized carbons (Fsp3) is 0.318. The van der Waals surface area contributed by atoms with Crippen molar-refractivity contribution in [3.63, 3.8) is 0 Å². The van der Waals surface area contributed by atoms with Crippen LogP contribution in [0.25, 0.3) is 11.5 Å². The maximum atomic E-state index is 13.1. The normalized spacial score (nSPS) is 16.6. The van der Waals surface area contributed by atoms with E-state index in [1.807, 2.05) is 31.2 Å². The van der Waals surface area contributed by atoms with Gasteiger partial charge in [0.2, 0.25) is 11.8 Å². The second-order valence-electron chi connectivity index (χ2n) is 7.19. The second kappa shape index (κ2) is 8.43. The maximum Gasteiger partial charge on any atom is 0.260 e. The van der Waals surface area contributed by atoms with Gasteiger partial charge in [-0.1, -0.05) is 18.2 Å². The van der Waals surface area contributed by atoms with Crippen LogP contribution in [0.4, 0.5) is 4.39 Å². The molecule has 29 heavy (non-hydrogen) atoms. The first-order chi connectivity index (χ1) is 14.1. The Bertz CT molecular complexity index is 987. The van der Waals surface area contributed by atoms with Gasteiger partial charge in [-0.05, 0) is 55.7 Å². The Labute approximate surface area is 168 Å². The lowest BCUT2D eigenvalue weighted by molar-refractivity contribution is -0.134. The summed E-state index contributed by atoms with van der Waals surface area (Å²) in [7, 11) is 0. The number of hydrogen-bond donors (Lipinski definition) is 0. The molecule has 0 N–H and O–H groups in total. The van der Waals surface area contributed by atoms with E-state index in [0.29, 0.717) is 30.4 Å². The first kappa shape index (κ1) is 19.1. The molecule has 4 rings (SSSR count). The van der Waals surface area contributed by atoms with Crippen molar-refractivity contribution in [2.24, 2.45) is 0 Å². The molecule has 1 atom stereocenters. The zero-order valence-corrected chi connectivity index (χ0v) is 16.2. The molecule has 1 aliphatic heterocycles. The van der Waals surface area contributed by atoms with Gasteiger partial charge < -0.3 is 14.1 Å². The minimum absolute atomic E-state index is 0.00222. The molecule has 1 aliphatic rings. The molecule has 0 aliphatic carbocycles. The third kappa shape index (κ3) is 4.45. The number of hydrogen-bond acceptors (Lipinski definition) is 5. The summed E-state index contributed by atoms with van der Waals surface area (Å²) in [6.07, 6.45) is 1.72. The lowest BCUT2D eigenvalue weighted by atomic mass is 9.98. The zero-order chi connectivity index (χ0) is 20.2. The summed E-state index contributed by atoms with van der Waals surface area (Å²) >= 11 is 0. The van der Waals surface area contributed by atoms with Crippen molar-refractivity contribution in [3.05, 3.63) is 65.8 Å². The highest BCUT2D eigenvalue weighted by Gasteiger charge is 2.28. The molecule has 3 aromatic rings. The average Bonchev–Trinajstić information content (AvgIpc) is 3.24. The third-order valence-corrected chi connectivity index (χ3v) is 5.10. The number of piperidine rings is 1. The number of para-hydroxylation sites is 1. The number of ether oxygens (including phenoxy) is 1. The van der Waals surface area contributed by atoms with Crippen LogP contribution in [0.15, 0.2) is 52.9 Å². The van der Waals surface area contributed by atoms with Gasteiger partial charge in [-0.15, -0.1) is 10.2 Å². The quantitative estimate of drug-likeness (QED) is 0.654. The fourth-order valence-electron chi connectivity index (χ4n) is 3.46. The zero-order valence-electron chi connectivity index (χ0n) is 16.2. The van der Waals surface area contributed by atoms with Crippen molar-refractivity contribution in [2.75, 3.05) is 19.7 Å². The molecule has 6 nitrogen and oxygen atoms in total. The number of benzene rings is 2. The Hall–Kier alpha value is -3.22. The Morgan fingerprint density at radius 3 is 2.79 bits per heavy atom. The highest BCUT2D eigenvalue weighted by Crippen LogP contribution is 2.28. The van der Waals surface area contributed by atoms with Gasteiger partial charge in [-0.25, -0.2) is 4.39 Å². The summed E-state index contributed by atoms with van der Waals surface area (Å²) in [6.45, 7) is 3.15. The molecule has 2 heterocycles. The Kier molecular flexibility index (Phi) is 5.55. The second-order valence-corrected chi connectivity index (χ2v) is 7.19. The van der Waals surface area contributed by atoms with Crippen LogP contribution in [0.2, 0.25) is 0 Å². The Morgan fingerprint density at radius 2 is 2.00 bits per heavy atom. The molecule has 2 aromatic carbocycles. The average molecular weight is 395 g/mol. The number of amides is 1. The lowest BCUT2D eigenvalue weighted by Crippen LogP contribution is -2.41. The predicted molar refractivity (Wildman–Crippen MR) is 105 cm³/mol. The largest absolute Gasteiger partial charge is 0.484 e. The van der Waals surface area contributed by atoms with E-state index in [4.69, 9.17) is 9.15 Å². The van der Waals surface area contributed by atoms with Crippen LogP contribution in [0.1, 0.15) is 30.2 Å². The lowest BCUT2D eigenvalue weighted by Gasteiger charge is -2.31. The summed E-state index contributed by atoms with van der Waals surface area (Å²) in [5.41, 5.74) is 1.66. The van der Waals surface area contributed by atoms with Gasteiger partial charge in [-0.2, -0.15) is 0 Å². The number of rotatable bonds is 5. The number of aromatic nitrogens is 2. The van der Waals surface area contributed by atoms with Gasteiger partial charge in [0.25, 0.3) is 5.91 Å². The monoisotopic (exact) mass is 395 g/mol. The summed E-state index contributed by atoms with van der Waals surface area (Å²) in [5, 5.41) is 8.24. The molecule has 1 aromatic heterocycles. The van der Waals surface area contributed by atoms with Crippen LogP contribution in [-0.4, -0.2) is 40.7 Å². The maximum absolute atomic E-state index is 13.1. The summed E-state index contributed by atoms with van der Waals surface area (Å²) in [5.74, 6) is 1.18. The van der Waals surface area contributed by atoms with Gasteiger partial charge in [0.05, 0.1) is 5.92 Å². The predicted octanol–water partition coefficient (Wildman–Crippen LogP) is 3.97. The van der Waals surface area contributed by atoms with Crippen molar-refractivity contribution in [3.8, 4) is 17.2 Å². The molecule has 1 unspecified atom stereocenters. The molecule has 0 spiro atoms. The highest BCUT2D eigenvalue weighted by atomic mass is 19.1. The van der Waals surface area contributed by atoms with E-state index in [-0.39, 0.29) is 24.2 Å². The van der Waals surface area contributed by atoms with Gasteiger partial charge in [0.1, 0.15) is 11.6 Å². The van der Waals surface area contributed by atoms with Crippen molar-refractivity contribution < 1.29 is 18.3 Å². The van der Waals surface area contributed by atoms with Crippen LogP contribution in [0.3, 0.4) is 0 Å². The number of likely N-dealkylation sites (tertiary alicyclic amines) is 1. The van der Waals surface area contributed by atoms with Crippen LogP contribution < -0.4 is 4.74 Å². The number of nitrogens with zero attached hydrogens (tertiary/aromatic N) is 3. The molecule has 1 saturated heterocycles. The standard InChI is InChI=1S/C22H22FN3O3/c1-15-5-2-3-7-19(15)28-14-20(27)26-12-4-6-17(13-26)22-25-24-21(29-22)16-8-10-18(23)11-9-16/h2-3,5,7-11,17H,4,6,12-14H2,1H3. The smallest absolute Gasteiger partial charge is 0.260 e. The molecular formula is C22H22FN3O3. The molecule has 1 fully saturated rings. The molecule has 1 amide bonds. The fourth-order valence-corrected chi connectivity index (χ4v) is 3.46. The van der Waals surface area contributed by atoms with Crippen LogP contribution in [0, 0.1) is 12.7 Å². The first-order valence-electron chi connectivity index (χ1n) is 9.65. The van der Waals surface area contributed by atoms with Crippen molar-refractivity contribution in [1.82, 2.24) is 15.1 Å². The minimum Gasteiger partial charge on any atom is -0.484 e. The van der Waals surface area contributed by atoms with Gasteiger partial charge in [0, 0.05) is 18.7 Å². The van der Waals surface area contributed by atoms with Crippen molar-refractivity contribution in [1.29, 1.82) is 0 Å². The van der Waals surface area contributed by atoms with Crippen molar-refractivity contribution in [2.45, 2.75) is 25.7 Å². The molecule has 0 radical (unpaired) electrons. The van der Waals surface area contributed by atoms with Gasteiger partial charge in [-0.3, -0.25) is 4.79 Å². The van der Waals surface area contributed by atoms with E-state index >= 15 is 0 Å². The summed E-state index contributed by atoms with van der Waals surface area (Å²) in [6, 6.07) is 13.5. The van der Waals surface area contributed by atoms with Crippen LogP contribution >= 0.6 is 0 Å². The number of aryl methyl sites for hydroxylation is 1. The van der Waals surface area contributed by atoms with Crippen LogP contribution in [-0.2, 0) is 4.79 Å². The van der Waals surface area contributed by atoms with Gasteiger partial charge in [0.15, 0.2) is 6.61 Å². The minimum atomic E-state index is -0.317. The summed E-state index contributed by atoms with van der Waals surface area (Å²) in [4.78, 5) is 14.4. The first-order valence-corrected chi connectivity index (χ1v) is 9.65.